The fourth-order valence-electron chi connectivity index (χ4n) is 2.71. The normalized spacial score (nSPS) is 36.1. The third-order valence-corrected chi connectivity index (χ3v) is 4.01. The Labute approximate surface area is 96.4 Å². The topological polar surface area (TPSA) is 66.4 Å². The molecule has 3 fully saturated rings. The first-order valence-electron chi connectivity index (χ1n) is 5.82. The standard InChI is InChI=1S/C10H14O3.C2H7N/c11-7-9-1-4-10(5-2-9,6-3-9)8(12)13;1-3-2/h7H,1-6H2,(H,12,13);3H,1-2H3. The second-order valence-corrected chi connectivity index (χ2v) is 5.07. The summed E-state index contributed by atoms with van der Waals surface area (Å²) in [5.41, 5.74) is -0.637. The summed E-state index contributed by atoms with van der Waals surface area (Å²) in [4.78, 5) is 21.9. The Balaban J connectivity index is 0.000000386. The van der Waals surface area contributed by atoms with Gasteiger partial charge in [0.05, 0.1) is 5.41 Å². The summed E-state index contributed by atoms with van der Waals surface area (Å²) in [6.07, 6.45) is 5.48. The predicted octanol–water partition coefficient (Wildman–Crippen LogP) is 1.45. The second kappa shape index (κ2) is 4.95. The average Bonchev–Trinajstić information content (AvgIpc) is 2.32. The number of hydrogen-bond acceptors (Lipinski definition) is 3. The van der Waals surface area contributed by atoms with E-state index in [1.807, 2.05) is 14.1 Å². The Morgan fingerprint density at radius 3 is 1.75 bits per heavy atom. The molecule has 0 saturated heterocycles. The van der Waals surface area contributed by atoms with Crippen molar-refractivity contribution in [2.24, 2.45) is 10.8 Å². The molecule has 0 aromatic carbocycles. The minimum Gasteiger partial charge on any atom is -0.481 e. The van der Waals surface area contributed by atoms with Gasteiger partial charge in [-0.25, -0.2) is 0 Å². The summed E-state index contributed by atoms with van der Waals surface area (Å²) >= 11 is 0. The van der Waals surface area contributed by atoms with Gasteiger partial charge in [-0.15, -0.1) is 0 Å². The Kier molecular flexibility index (Phi) is 4.08. The fraction of sp³-hybridized carbons (Fsp3) is 0.833. The summed E-state index contributed by atoms with van der Waals surface area (Å²) in [5.74, 6) is -0.660. The first-order valence-corrected chi connectivity index (χ1v) is 5.82. The Morgan fingerprint density at radius 2 is 1.50 bits per heavy atom. The van der Waals surface area contributed by atoms with Crippen molar-refractivity contribution < 1.29 is 14.7 Å². The summed E-state index contributed by atoms with van der Waals surface area (Å²) in [7, 11) is 3.75. The molecule has 0 aromatic rings. The van der Waals surface area contributed by atoms with Gasteiger partial charge in [0.25, 0.3) is 0 Å². The van der Waals surface area contributed by atoms with E-state index in [-0.39, 0.29) is 5.41 Å². The molecular weight excluding hydrogens is 206 g/mol. The van der Waals surface area contributed by atoms with Crippen LogP contribution in [-0.2, 0) is 9.59 Å². The van der Waals surface area contributed by atoms with Crippen molar-refractivity contribution in [3.05, 3.63) is 0 Å². The summed E-state index contributed by atoms with van der Waals surface area (Å²) in [6.45, 7) is 0. The summed E-state index contributed by atoms with van der Waals surface area (Å²) < 4.78 is 0. The number of carboxylic acids is 1. The summed E-state index contributed by atoms with van der Waals surface area (Å²) in [5, 5.41) is 11.8. The van der Waals surface area contributed by atoms with E-state index >= 15 is 0 Å². The third-order valence-electron chi connectivity index (χ3n) is 4.01. The van der Waals surface area contributed by atoms with Crippen LogP contribution in [0.2, 0.25) is 0 Å². The van der Waals surface area contributed by atoms with E-state index in [4.69, 9.17) is 5.11 Å². The number of aliphatic carboxylic acids is 1. The molecule has 3 aliphatic carbocycles. The van der Waals surface area contributed by atoms with Crippen LogP contribution in [-0.4, -0.2) is 31.5 Å². The lowest BCUT2D eigenvalue weighted by Gasteiger charge is -2.48. The number of carbonyl (C=O) groups is 2. The SMILES string of the molecule is CNC.O=CC12CCC(C(=O)O)(CC1)CC2. The minimum atomic E-state index is -0.660. The third kappa shape index (κ3) is 2.26. The van der Waals surface area contributed by atoms with Crippen LogP contribution in [0.15, 0.2) is 0 Å². The largest absolute Gasteiger partial charge is 0.481 e. The second-order valence-electron chi connectivity index (χ2n) is 5.07. The van der Waals surface area contributed by atoms with Crippen molar-refractivity contribution in [2.75, 3.05) is 14.1 Å². The lowest BCUT2D eigenvalue weighted by atomic mass is 9.54. The summed E-state index contributed by atoms with van der Waals surface area (Å²) in [6, 6.07) is 0. The van der Waals surface area contributed by atoms with E-state index in [1.54, 1.807) is 0 Å². The van der Waals surface area contributed by atoms with Gasteiger partial charge < -0.3 is 15.2 Å². The molecule has 0 amide bonds. The van der Waals surface area contributed by atoms with Gasteiger partial charge in [-0.1, -0.05) is 0 Å². The van der Waals surface area contributed by atoms with Crippen LogP contribution in [0, 0.1) is 10.8 Å². The number of fused-ring (bicyclic) bond motifs is 3. The molecule has 0 radical (unpaired) electrons. The zero-order chi connectivity index (χ0) is 12.2. The van der Waals surface area contributed by atoms with E-state index in [0.29, 0.717) is 19.3 Å². The van der Waals surface area contributed by atoms with Crippen LogP contribution < -0.4 is 5.32 Å². The maximum absolute atomic E-state index is 11.0. The number of carboxylic acid groups (broad SMARTS) is 1. The molecule has 2 N–H and O–H groups in total. The van der Waals surface area contributed by atoms with Crippen molar-refractivity contribution in [1.29, 1.82) is 0 Å². The van der Waals surface area contributed by atoms with E-state index in [9.17, 15) is 9.59 Å². The van der Waals surface area contributed by atoms with Crippen molar-refractivity contribution in [2.45, 2.75) is 38.5 Å². The highest BCUT2D eigenvalue weighted by molar-refractivity contribution is 5.76. The monoisotopic (exact) mass is 227 g/mol. The quantitative estimate of drug-likeness (QED) is 0.701. The van der Waals surface area contributed by atoms with Crippen LogP contribution in [0.3, 0.4) is 0 Å². The molecule has 0 unspecified atom stereocenters. The predicted molar refractivity (Wildman–Crippen MR) is 61.3 cm³/mol. The molecule has 92 valence electrons. The highest BCUT2D eigenvalue weighted by Gasteiger charge is 2.52. The fourth-order valence-corrected chi connectivity index (χ4v) is 2.71. The Morgan fingerprint density at radius 1 is 1.12 bits per heavy atom. The van der Waals surface area contributed by atoms with Gasteiger partial charge in [0.2, 0.25) is 0 Å². The highest BCUT2D eigenvalue weighted by Crippen LogP contribution is 2.55. The van der Waals surface area contributed by atoms with Crippen LogP contribution in [0.5, 0.6) is 0 Å². The molecule has 3 saturated carbocycles. The van der Waals surface area contributed by atoms with Gasteiger partial charge in [-0.05, 0) is 52.6 Å². The van der Waals surface area contributed by atoms with E-state index in [0.717, 1.165) is 25.5 Å². The molecule has 3 rings (SSSR count). The van der Waals surface area contributed by atoms with Crippen LogP contribution in [0.1, 0.15) is 38.5 Å². The van der Waals surface area contributed by atoms with Gasteiger partial charge in [0.1, 0.15) is 6.29 Å². The first-order chi connectivity index (χ1) is 7.54. The maximum atomic E-state index is 11.0. The molecule has 0 atom stereocenters. The van der Waals surface area contributed by atoms with Gasteiger partial charge in [-0.3, -0.25) is 4.79 Å². The van der Waals surface area contributed by atoms with E-state index in [2.05, 4.69) is 5.32 Å². The number of aldehydes is 1. The van der Waals surface area contributed by atoms with Crippen LogP contribution in [0.25, 0.3) is 0 Å². The van der Waals surface area contributed by atoms with Crippen LogP contribution >= 0.6 is 0 Å². The molecule has 3 aliphatic rings. The molecule has 16 heavy (non-hydrogen) atoms. The molecule has 0 aliphatic heterocycles. The molecular formula is C12H21NO3. The average molecular weight is 227 g/mol. The van der Waals surface area contributed by atoms with E-state index in [1.165, 1.54) is 0 Å². The highest BCUT2D eigenvalue weighted by atomic mass is 16.4. The number of rotatable bonds is 2. The molecule has 2 bridgehead atoms. The number of hydrogen-bond donors (Lipinski definition) is 2. The van der Waals surface area contributed by atoms with Crippen molar-refractivity contribution in [1.82, 2.24) is 5.32 Å². The van der Waals surface area contributed by atoms with Gasteiger partial charge in [0.15, 0.2) is 0 Å². The lowest BCUT2D eigenvalue weighted by Crippen LogP contribution is -2.46. The van der Waals surface area contributed by atoms with Crippen LogP contribution in [0.4, 0.5) is 0 Å². The lowest BCUT2D eigenvalue weighted by molar-refractivity contribution is -0.160. The van der Waals surface area contributed by atoms with Crippen molar-refractivity contribution in [3.8, 4) is 0 Å². The zero-order valence-corrected chi connectivity index (χ0v) is 10.1. The van der Waals surface area contributed by atoms with Gasteiger partial charge in [0, 0.05) is 5.41 Å². The maximum Gasteiger partial charge on any atom is 0.309 e. The first kappa shape index (κ1) is 13.2. The number of nitrogens with one attached hydrogen (secondary N) is 1. The van der Waals surface area contributed by atoms with E-state index < -0.39 is 11.4 Å². The molecule has 4 heteroatoms. The number of carbonyl (C=O) groups excluding carboxylic acids is 1. The molecule has 0 aromatic heterocycles. The molecule has 0 spiro atoms. The smallest absolute Gasteiger partial charge is 0.309 e. The van der Waals surface area contributed by atoms with Gasteiger partial charge >= 0.3 is 5.97 Å². The minimum absolute atomic E-state index is 0.156. The Bertz CT molecular complexity index is 251. The Hall–Kier alpha value is -0.900. The van der Waals surface area contributed by atoms with Crippen molar-refractivity contribution in [3.63, 3.8) is 0 Å². The van der Waals surface area contributed by atoms with Crippen molar-refractivity contribution >= 4 is 12.3 Å². The zero-order valence-electron chi connectivity index (χ0n) is 10.1. The molecule has 4 nitrogen and oxygen atoms in total. The van der Waals surface area contributed by atoms with Gasteiger partial charge in [-0.2, -0.15) is 0 Å². The molecule has 0 heterocycles.